The molecule has 4 rings (SSSR count). The Bertz CT molecular complexity index is 1320. The van der Waals surface area contributed by atoms with E-state index in [0.29, 0.717) is 30.5 Å². The number of alkyl halides is 6. The molecule has 0 bridgehead atoms. The number of piperidine rings is 1. The molecule has 45 heavy (non-hydrogen) atoms. The summed E-state index contributed by atoms with van der Waals surface area (Å²) in [6, 6.07) is 11.5. The van der Waals surface area contributed by atoms with Crippen LogP contribution in [0.4, 0.5) is 26.3 Å². The Morgan fingerprint density at radius 1 is 0.911 bits per heavy atom. The van der Waals surface area contributed by atoms with Gasteiger partial charge in [0.2, 0.25) is 10.0 Å². The normalized spacial score (nSPS) is 17.8. The van der Waals surface area contributed by atoms with Gasteiger partial charge in [0.25, 0.3) is 0 Å². The van der Waals surface area contributed by atoms with Crippen LogP contribution in [0.3, 0.4) is 0 Å². The van der Waals surface area contributed by atoms with E-state index in [1.807, 2.05) is 24.5 Å². The number of aromatic nitrogens is 1. The summed E-state index contributed by atoms with van der Waals surface area (Å²) in [6.45, 7) is 9.44. The second-order valence-corrected chi connectivity index (χ2v) is 12.8. The quantitative estimate of drug-likeness (QED) is 0.431. The van der Waals surface area contributed by atoms with Crippen molar-refractivity contribution < 1.29 is 59.3 Å². The fourth-order valence-electron chi connectivity index (χ4n) is 4.64. The number of ether oxygens (including phenoxy) is 1. The van der Waals surface area contributed by atoms with E-state index in [1.54, 1.807) is 16.4 Å². The maximum Gasteiger partial charge on any atom is 0.490 e. The van der Waals surface area contributed by atoms with E-state index in [4.69, 9.17) is 24.5 Å². The maximum atomic E-state index is 13.2. The summed E-state index contributed by atoms with van der Waals surface area (Å²) in [5, 5.41) is 14.2. The average molecular weight is 672 g/mol. The topological polar surface area (TPSA) is 137 Å². The van der Waals surface area contributed by atoms with E-state index in [0.717, 1.165) is 44.6 Å². The van der Waals surface area contributed by atoms with Gasteiger partial charge in [-0.2, -0.15) is 30.6 Å². The second kappa shape index (κ2) is 15.8. The molecule has 10 nitrogen and oxygen atoms in total. The Kier molecular flexibility index (Phi) is 13.3. The fraction of sp³-hybridized carbons (Fsp3) is 0.536. The first-order valence-electron chi connectivity index (χ1n) is 13.7. The summed E-state index contributed by atoms with van der Waals surface area (Å²) in [7, 11) is -3.46. The molecule has 17 heteroatoms. The van der Waals surface area contributed by atoms with Crippen molar-refractivity contribution in [3.05, 3.63) is 59.9 Å². The molecule has 0 radical (unpaired) electrons. The van der Waals surface area contributed by atoms with Crippen LogP contribution >= 0.6 is 0 Å². The molecule has 2 aromatic rings. The minimum Gasteiger partial charge on any atom is -0.475 e. The molecule has 0 aliphatic carbocycles. The smallest absolute Gasteiger partial charge is 0.475 e. The first-order valence-corrected chi connectivity index (χ1v) is 15.1. The van der Waals surface area contributed by atoms with Crippen LogP contribution < -0.4 is 0 Å². The number of pyridine rings is 1. The van der Waals surface area contributed by atoms with Gasteiger partial charge in [0.15, 0.2) is 0 Å². The number of carboxylic acid groups (broad SMARTS) is 2. The Morgan fingerprint density at radius 2 is 1.40 bits per heavy atom. The number of hydrogen-bond acceptors (Lipinski definition) is 7. The van der Waals surface area contributed by atoms with Gasteiger partial charge < -0.3 is 14.9 Å². The molecule has 3 heterocycles. The van der Waals surface area contributed by atoms with Gasteiger partial charge >= 0.3 is 24.3 Å². The highest BCUT2D eigenvalue weighted by Crippen LogP contribution is 2.36. The molecule has 2 N–H and O–H groups in total. The Balaban J connectivity index is 0.000000421. The third kappa shape index (κ3) is 11.9. The predicted octanol–water partition coefficient (Wildman–Crippen LogP) is 4.77. The standard InChI is InChI=1S/C24H33N3O3S.2C2HF3O2/c1-20(2)22-3-5-23(6-4-22)31(28,29)27-13-9-24(10-14-27)18-26(15-16-30-19-24)17-21-7-11-25-12-8-21;2*3-2(4,5)1(6)7/h3-8,11-12,20H,9-10,13-19H2,1-2H3;2*(H,6,7). The lowest BCUT2D eigenvalue weighted by molar-refractivity contribution is -0.193. The lowest BCUT2D eigenvalue weighted by atomic mass is 9.79. The largest absolute Gasteiger partial charge is 0.490 e. The van der Waals surface area contributed by atoms with Crippen molar-refractivity contribution in [1.82, 2.24) is 14.2 Å². The number of hydrogen-bond donors (Lipinski definition) is 2. The van der Waals surface area contributed by atoms with Crippen LogP contribution in [-0.2, 0) is 30.9 Å². The highest BCUT2D eigenvalue weighted by Gasteiger charge is 2.41. The van der Waals surface area contributed by atoms with Crippen molar-refractivity contribution in [3.63, 3.8) is 0 Å². The van der Waals surface area contributed by atoms with E-state index in [2.05, 4.69) is 35.9 Å². The van der Waals surface area contributed by atoms with Crippen LogP contribution in [0.25, 0.3) is 0 Å². The number of aliphatic carboxylic acids is 2. The Morgan fingerprint density at radius 3 is 1.84 bits per heavy atom. The summed E-state index contributed by atoms with van der Waals surface area (Å²) in [6.07, 6.45) is -4.86. The van der Waals surface area contributed by atoms with E-state index in [1.165, 1.54) is 5.56 Å². The van der Waals surface area contributed by atoms with E-state index in [-0.39, 0.29) is 5.41 Å². The molecule has 2 aliphatic rings. The van der Waals surface area contributed by atoms with Crippen molar-refractivity contribution >= 4 is 22.0 Å². The highest BCUT2D eigenvalue weighted by atomic mass is 32.2. The number of rotatable bonds is 5. The van der Waals surface area contributed by atoms with Gasteiger partial charge in [-0.05, 0) is 54.2 Å². The number of carbonyl (C=O) groups is 2. The van der Waals surface area contributed by atoms with Gasteiger partial charge in [0.1, 0.15) is 0 Å². The summed E-state index contributed by atoms with van der Waals surface area (Å²) in [5.74, 6) is -5.13. The summed E-state index contributed by atoms with van der Waals surface area (Å²) >= 11 is 0. The molecule has 2 saturated heterocycles. The van der Waals surface area contributed by atoms with Crippen LogP contribution in [0.2, 0.25) is 0 Å². The van der Waals surface area contributed by atoms with Crippen molar-refractivity contribution in [2.24, 2.45) is 5.41 Å². The van der Waals surface area contributed by atoms with Gasteiger partial charge in [-0.15, -0.1) is 0 Å². The third-order valence-electron chi connectivity index (χ3n) is 7.13. The Hall–Kier alpha value is -3.28. The van der Waals surface area contributed by atoms with Crippen molar-refractivity contribution in [3.8, 4) is 0 Å². The zero-order valence-corrected chi connectivity index (χ0v) is 25.3. The second-order valence-electron chi connectivity index (χ2n) is 10.9. The van der Waals surface area contributed by atoms with Crippen LogP contribution in [0.15, 0.2) is 53.7 Å². The molecule has 0 atom stereocenters. The molecule has 0 amide bonds. The van der Waals surface area contributed by atoms with Gasteiger partial charge in [0.05, 0.1) is 18.1 Å². The molecule has 1 aromatic heterocycles. The molecule has 1 aromatic carbocycles. The predicted molar refractivity (Wildman–Crippen MR) is 149 cm³/mol. The van der Waals surface area contributed by atoms with Crippen molar-refractivity contribution in [2.45, 2.75) is 56.4 Å². The molecular formula is C28H35F6N3O7S. The van der Waals surface area contributed by atoms with E-state index in [9.17, 15) is 34.8 Å². The number of nitrogens with zero attached hydrogens (tertiary/aromatic N) is 3. The van der Waals surface area contributed by atoms with Crippen molar-refractivity contribution in [2.75, 3.05) is 39.4 Å². The zero-order valence-electron chi connectivity index (χ0n) is 24.5. The van der Waals surface area contributed by atoms with E-state index < -0.39 is 34.3 Å². The molecule has 2 aliphatic heterocycles. The fourth-order valence-corrected chi connectivity index (χ4v) is 6.08. The SMILES string of the molecule is CC(C)c1ccc(S(=O)(=O)N2CCC3(CC2)COCCN(Cc2ccncc2)C3)cc1.O=C(O)C(F)(F)F.O=C(O)C(F)(F)F. The minimum absolute atomic E-state index is 0.0110. The average Bonchev–Trinajstić information content (AvgIpc) is 3.15. The minimum atomic E-state index is -5.08. The van der Waals surface area contributed by atoms with E-state index >= 15 is 0 Å². The first kappa shape index (κ1) is 37.9. The van der Waals surface area contributed by atoms with Gasteiger partial charge in [0, 0.05) is 50.5 Å². The third-order valence-corrected chi connectivity index (χ3v) is 9.04. The van der Waals surface area contributed by atoms with Crippen LogP contribution in [0.5, 0.6) is 0 Å². The van der Waals surface area contributed by atoms with Crippen LogP contribution in [0.1, 0.15) is 43.7 Å². The summed E-state index contributed by atoms with van der Waals surface area (Å²) < 4.78 is 97.5. The molecule has 0 saturated carbocycles. The van der Waals surface area contributed by atoms with Gasteiger partial charge in [-0.25, -0.2) is 18.0 Å². The molecule has 0 unspecified atom stereocenters. The molecular weight excluding hydrogens is 636 g/mol. The van der Waals surface area contributed by atoms with Gasteiger partial charge in [-0.1, -0.05) is 26.0 Å². The lowest BCUT2D eigenvalue weighted by Gasteiger charge is -2.42. The number of halogens is 6. The summed E-state index contributed by atoms with van der Waals surface area (Å²) in [4.78, 5) is 24.7. The monoisotopic (exact) mass is 671 g/mol. The molecule has 1 spiro atoms. The molecule has 252 valence electrons. The first-order chi connectivity index (χ1) is 20.8. The Labute approximate surface area is 256 Å². The number of carboxylic acids is 2. The van der Waals surface area contributed by atoms with Crippen LogP contribution in [-0.4, -0.2) is 96.5 Å². The zero-order chi connectivity index (χ0) is 34.1. The van der Waals surface area contributed by atoms with Gasteiger partial charge in [-0.3, -0.25) is 9.88 Å². The molecule has 2 fully saturated rings. The maximum absolute atomic E-state index is 13.2. The summed E-state index contributed by atoms with van der Waals surface area (Å²) in [5.41, 5.74) is 2.41. The van der Waals surface area contributed by atoms with Crippen LogP contribution in [0, 0.1) is 5.41 Å². The lowest BCUT2D eigenvalue weighted by Crippen LogP contribution is -2.48. The number of benzene rings is 1. The number of sulfonamides is 1. The van der Waals surface area contributed by atoms with Crippen molar-refractivity contribution in [1.29, 1.82) is 0 Å². The highest BCUT2D eigenvalue weighted by molar-refractivity contribution is 7.89.